The topological polar surface area (TPSA) is 121 Å². The van der Waals surface area contributed by atoms with Crippen LogP contribution in [0.15, 0.2) is 39.9 Å². The average Bonchev–Trinajstić information content (AvgIpc) is 2.65. The quantitative estimate of drug-likeness (QED) is 0.578. The molecule has 2 heterocycles. The molecule has 0 saturated carbocycles. The van der Waals surface area contributed by atoms with E-state index < -0.39 is 23.0 Å². The van der Waals surface area contributed by atoms with E-state index in [1.54, 1.807) is 31.2 Å². The van der Waals surface area contributed by atoms with Gasteiger partial charge >= 0.3 is 5.97 Å². The number of rotatable bonds is 5. The molecule has 0 aliphatic rings. The number of hydrogen-bond acceptors (Lipinski definition) is 6. The van der Waals surface area contributed by atoms with Crippen LogP contribution in [-0.2, 0) is 9.53 Å². The minimum Gasteiger partial charge on any atom is -0.507 e. The van der Waals surface area contributed by atoms with Crippen molar-refractivity contribution in [1.82, 2.24) is 9.97 Å². The number of aromatic nitrogens is 2. The molecule has 1 atom stereocenters. The van der Waals surface area contributed by atoms with Crippen LogP contribution in [0.1, 0.15) is 29.2 Å². The fourth-order valence-electron chi connectivity index (χ4n) is 3.22. The van der Waals surface area contributed by atoms with Crippen molar-refractivity contribution >= 4 is 16.9 Å². The molecule has 0 saturated heterocycles. The first-order valence-electron chi connectivity index (χ1n) is 8.54. The summed E-state index contributed by atoms with van der Waals surface area (Å²) in [5, 5.41) is 11.0. The molecular formula is C20H20N2O6. The Bertz CT molecular complexity index is 1160. The van der Waals surface area contributed by atoms with Gasteiger partial charge in [-0.25, -0.2) is 0 Å². The number of benzene rings is 1. The Balaban J connectivity index is 2.26. The van der Waals surface area contributed by atoms with Gasteiger partial charge in [0.15, 0.2) is 0 Å². The number of H-pyrrole nitrogens is 2. The van der Waals surface area contributed by atoms with Gasteiger partial charge in [0.1, 0.15) is 11.5 Å². The number of nitrogens with one attached hydrogen (secondary N) is 2. The van der Waals surface area contributed by atoms with Crippen LogP contribution >= 0.6 is 0 Å². The van der Waals surface area contributed by atoms with E-state index in [9.17, 15) is 19.5 Å². The van der Waals surface area contributed by atoms with Crippen molar-refractivity contribution in [2.75, 3.05) is 14.2 Å². The molecule has 0 spiro atoms. The average molecular weight is 384 g/mol. The van der Waals surface area contributed by atoms with Crippen molar-refractivity contribution in [2.24, 2.45) is 0 Å². The van der Waals surface area contributed by atoms with Gasteiger partial charge in [0.25, 0.3) is 11.1 Å². The van der Waals surface area contributed by atoms with Crippen LogP contribution in [0.3, 0.4) is 0 Å². The molecule has 0 aliphatic carbocycles. The van der Waals surface area contributed by atoms with Crippen molar-refractivity contribution in [2.45, 2.75) is 19.3 Å². The van der Waals surface area contributed by atoms with E-state index in [0.29, 0.717) is 22.3 Å². The lowest BCUT2D eigenvalue weighted by atomic mass is 9.88. The van der Waals surface area contributed by atoms with Gasteiger partial charge < -0.3 is 24.5 Å². The summed E-state index contributed by atoms with van der Waals surface area (Å²) in [4.78, 5) is 42.6. The number of carbonyl (C=O) groups excluding carboxylic acids is 1. The van der Waals surface area contributed by atoms with Crippen LogP contribution < -0.4 is 15.9 Å². The number of aryl methyl sites for hydroxylation is 1. The maximum Gasteiger partial charge on any atom is 0.306 e. The zero-order chi connectivity index (χ0) is 20.4. The zero-order valence-corrected chi connectivity index (χ0v) is 15.7. The fraction of sp³-hybridized carbons (Fsp3) is 0.250. The predicted octanol–water partition coefficient (Wildman–Crippen LogP) is 1.93. The minimum absolute atomic E-state index is 0.0660. The van der Waals surface area contributed by atoms with Gasteiger partial charge in [-0.1, -0.05) is 0 Å². The van der Waals surface area contributed by atoms with Crippen LogP contribution in [0.5, 0.6) is 11.5 Å². The molecule has 8 heteroatoms. The number of esters is 1. The normalized spacial score (nSPS) is 12.0. The molecule has 0 radical (unpaired) electrons. The lowest BCUT2D eigenvalue weighted by Gasteiger charge is -2.17. The number of carbonyl (C=O) groups is 1. The first kappa shape index (κ1) is 19.2. The van der Waals surface area contributed by atoms with Gasteiger partial charge in [0.05, 0.1) is 26.2 Å². The van der Waals surface area contributed by atoms with Gasteiger partial charge in [0, 0.05) is 28.1 Å². The second-order valence-corrected chi connectivity index (χ2v) is 6.42. The first-order valence-corrected chi connectivity index (χ1v) is 8.54. The van der Waals surface area contributed by atoms with Gasteiger partial charge in [-0.15, -0.1) is 0 Å². The van der Waals surface area contributed by atoms with Crippen LogP contribution in [0.4, 0.5) is 0 Å². The Labute approximate surface area is 159 Å². The summed E-state index contributed by atoms with van der Waals surface area (Å²) in [6.07, 6.45) is -0.283. The molecule has 1 unspecified atom stereocenters. The zero-order valence-electron chi connectivity index (χ0n) is 15.7. The van der Waals surface area contributed by atoms with Crippen molar-refractivity contribution in [3.8, 4) is 11.5 Å². The summed E-state index contributed by atoms with van der Waals surface area (Å²) in [5.74, 6) is -1.31. The standard InChI is InChI=1S/C20H20N2O6/c1-10-6-16(23)18(20(26)21-10)13(9-17(24)28-3)14-8-11-7-12(27-2)4-5-15(11)22-19(14)25/h4-8,13H,9H2,1-3H3,(H,22,25)(H2,21,23,26). The van der Waals surface area contributed by atoms with Gasteiger partial charge in [-0.2, -0.15) is 0 Å². The largest absolute Gasteiger partial charge is 0.507 e. The maximum atomic E-state index is 12.7. The van der Waals surface area contributed by atoms with Crippen LogP contribution in [0.25, 0.3) is 10.9 Å². The monoisotopic (exact) mass is 384 g/mol. The molecule has 8 nitrogen and oxygen atoms in total. The number of hydrogen-bond donors (Lipinski definition) is 3. The number of aromatic amines is 2. The summed E-state index contributed by atoms with van der Waals surface area (Å²) in [6, 6.07) is 8.09. The highest BCUT2D eigenvalue weighted by Crippen LogP contribution is 2.31. The third-order valence-electron chi connectivity index (χ3n) is 4.59. The Kier molecular flexibility index (Phi) is 5.21. The summed E-state index contributed by atoms with van der Waals surface area (Å²) in [6.45, 7) is 1.62. The Morgan fingerprint density at radius 1 is 1.11 bits per heavy atom. The molecule has 3 N–H and O–H groups in total. The fourth-order valence-corrected chi connectivity index (χ4v) is 3.22. The van der Waals surface area contributed by atoms with E-state index in [1.807, 2.05) is 0 Å². The lowest BCUT2D eigenvalue weighted by molar-refractivity contribution is -0.140. The van der Waals surface area contributed by atoms with Crippen molar-refractivity contribution < 1.29 is 19.4 Å². The Morgan fingerprint density at radius 2 is 1.86 bits per heavy atom. The van der Waals surface area contributed by atoms with E-state index >= 15 is 0 Å². The molecule has 1 aromatic carbocycles. The number of fused-ring (bicyclic) bond motifs is 1. The van der Waals surface area contributed by atoms with Crippen molar-refractivity contribution in [3.63, 3.8) is 0 Å². The van der Waals surface area contributed by atoms with E-state index in [-0.39, 0.29) is 23.3 Å². The minimum atomic E-state index is -0.990. The van der Waals surface area contributed by atoms with Gasteiger partial charge in [-0.05, 0) is 37.3 Å². The highest BCUT2D eigenvalue weighted by Gasteiger charge is 2.27. The number of aromatic hydroxyl groups is 1. The SMILES string of the molecule is COC(=O)CC(c1cc2cc(OC)ccc2[nH]c1=O)c1c(O)cc(C)[nH]c1=O. The predicted molar refractivity (Wildman–Crippen MR) is 103 cm³/mol. The molecule has 0 fully saturated rings. The maximum absolute atomic E-state index is 12.7. The Hall–Kier alpha value is -3.55. The summed E-state index contributed by atoms with van der Waals surface area (Å²) in [7, 11) is 2.74. The van der Waals surface area contributed by atoms with Crippen LogP contribution in [0, 0.1) is 6.92 Å². The van der Waals surface area contributed by atoms with Crippen molar-refractivity contribution in [1.29, 1.82) is 0 Å². The number of ether oxygens (including phenoxy) is 2. The van der Waals surface area contributed by atoms with Crippen molar-refractivity contribution in [3.05, 3.63) is 67.9 Å². The molecule has 3 aromatic rings. The second-order valence-electron chi connectivity index (χ2n) is 6.42. The van der Waals surface area contributed by atoms with Crippen LogP contribution in [-0.4, -0.2) is 35.3 Å². The summed E-state index contributed by atoms with van der Waals surface area (Å²) >= 11 is 0. The van der Waals surface area contributed by atoms with E-state index in [0.717, 1.165) is 0 Å². The summed E-state index contributed by atoms with van der Waals surface area (Å²) < 4.78 is 9.94. The third kappa shape index (κ3) is 3.62. The highest BCUT2D eigenvalue weighted by molar-refractivity contribution is 5.81. The first-order chi connectivity index (χ1) is 13.3. The molecule has 0 amide bonds. The highest BCUT2D eigenvalue weighted by atomic mass is 16.5. The van der Waals surface area contributed by atoms with Gasteiger partial charge in [-0.3, -0.25) is 14.4 Å². The molecule has 0 bridgehead atoms. The summed E-state index contributed by atoms with van der Waals surface area (Å²) in [5.41, 5.74) is 0.0932. The molecule has 0 aliphatic heterocycles. The molecule has 28 heavy (non-hydrogen) atoms. The van der Waals surface area contributed by atoms with E-state index in [4.69, 9.17) is 9.47 Å². The smallest absolute Gasteiger partial charge is 0.306 e. The Morgan fingerprint density at radius 3 is 2.50 bits per heavy atom. The van der Waals surface area contributed by atoms with Crippen LogP contribution in [0.2, 0.25) is 0 Å². The molecule has 3 rings (SSSR count). The third-order valence-corrected chi connectivity index (χ3v) is 4.59. The number of pyridine rings is 2. The van der Waals surface area contributed by atoms with E-state index in [1.165, 1.54) is 20.3 Å². The van der Waals surface area contributed by atoms with Gasteiger partial charge in [0.2, 0.25) is 0 Å². The number of methoxy groups -OCH3 is 2. The van der Waals surface area contributed by atoms with E-state index in [2.05, 4.69) is 9.97 Å². The molecule has 146 valence electrons. The second kappa shape index (κ2) is 7.59. The molecular weight excluding hydrogens is 364 g/mol. The molecule has 2 aromatic heterocycles. The lowest BCUT2D eigenvalue weighted by Crippen LogP contribution is -2.25.